The minimum absolute atomic E-state index is 0.294. The number of carbonyl (C=O) groups excluding carboxylic acids is 1. The Bertz CT molecular complexity index is 1610. The highest BCUT2D eigenvalue weighted by Crippen LogP contribution is 2.39. The van der Waals surface area contributed by atoms with E-state index in [0.717, 1.165) is 27.0 Å². The molecule has 4 heterocycles. The van der Waals surface area contributed by atoms with Crippen molar-refractivity contribution in [3.05, 3.63) is 113 Å². The molecule has 1 atom stereocenters. The molecule has 0 fully saturated rings. The van der Waals surface area contributed by atoms with Gasteiger partial charge in [0.1, 0.15) is 18.2 Å². The minimum atomic E-state index is -0.582. The molecule has 1 amide bonds. The second-order valence-electron chi connectivity index (χ2n) is 8.49. The third kappa shape index (κ3) is 4.31. The van der Waals surface area contributed by atoms with Crippen LogP contribution in [0.2, 0.25) is 0 Å². The van der Waals surface area contributed by atoms with Gasteiger partial charge in [0.25, 0.3) is 5.91 Å². The van der Waals surface area contributed by atoms with Crippen molar-refractivity contribution in [2.45, 2.75) is 13.0 Å². The maximum absolute atomic E-state index is 13.8. The Morgan fingerprint density at radius 3 is 2.49 bits per heavy atom. The summed E-state index contributed by atoms with van der Waals surface area (Å²) < 4.78 is 4.37. The number of nitrogens with one attached hydrogen (secondary N) is 2. The molecule has 0 saturated carbocycles. The lowest BCUT2D eigenvalue weighted by Crippen LogP contribution is -2.31. The van der Waals surface area contributed by atoms with Crippen LogP contribution in [-0.2, 0) is 4.79 Å². The van der Waals surface area contributed by atoms with Gasteiger partial charge in [-0.25, -0.2) is 14.3 Å². The summed E-state index contributed by atoms with van der Waals surface area (Å²) in [5, 5.41) is 15.6. The van der Waals surface area contributed by atoms with Crippen molar-refractivity contribution in [2.24, 2.45) is 0 Å². The SMILES string of the molecule is CC1=C(C(=O)Nc2ccc(Br)cn2)C(c2cn(-c3ccccc3)nc2-c2ccccc2)n2ncnc2N1. The quantitative estimate of drug-likeness (QED) is 0.310. The van der Waals surface area contributed by atoms with E-state index in [9.17, 15) is 4.79 Å². The summed E-state index contributed by atoms with van der Waals surface area (Å²) in [6, 6.07) is 22.8. The number of benzene rings is 2. The largest absolute Gasteiger partial charge is 0.328 e. The summed E-state index contributed by atoms with van der Waals surface area (Å²) in [6.45, 7) is 1.86. The Morgan fingerprint density at radius 1 is 1.00 bits per heavy atom. The van der Waals surface area contributed by atoms with Crippen LogP contribution in [0.5, 0.6) is 0 Å². The van der Waals surface area contributed by atoms with Crippen molar-refractivity contribution >= 4 is 33.6 Å². The molecule has 1 aliphatic rings. The van der Waals surface area contributed by atoms with E-state index in [4.69, 9.17) is 5.10 Å². The number of rotatable bonds is 5. The number of hydrogen-bond acceptors (Lipinski definition) is 6. The number of nitrogens with zero attached hydrogens (tertiary/aromatic N) is 6. The van der Waals surface area contributed by atoms with E-state index in [2.05, 4.69) is 41.6 Å². The lowest BCUT2D eigenvalue weighted by atomic mass is 9.93. The maximum Gasteiger partial charge on any atom is 0.257 e. The third-order valence-corrected chi connectivity index (χ3v) is 6.58. The van der Waals surface area contributed by atoms with Crippen LogP contribution >= 0.6 is 15.9 Å². The van der Waals surface area contributed by atoms with E-state index in [1.54, 1.807) is 16.9 Å². The first-order chi connectivity index (χ1) is 18.1. The van der Waals surface area contributed by atoms with Gasteiger partial charge in [0, 0.05) is 33.7 Å². The highest BCUT2D eigenvalue weighted by atomic mass is 79.9. The number of aromatic nitrogens is 6. The molecule has 2 N–H and O–H groups in total. The lowest BCUT2D eigenvalue weighted by molar-refractivity contribution is -0.113. The minimum Gasteiger partial charge on any atom is -0.328 e. The molecule has 3 aromatic heterocycles. The summed E-state index contributed by atoms with van der Waals surface area (Å²) in [5.74, 6) is 0.699. The third-order valence-electron chi connectivity index (χ3n) is 6.11. The van der Waals surface area contributed by atoms with Gasteiger partial charge in [-0.05, 0) is 47.1 Å². The van der Waals surface area contributed by atoms with E-state index in [-0.39, 0.29) is 5.91 Å². The number of halogens is 1. The molecule has 0 spiro atoms. The zero-order chi connectivity index (χ0) is 25.4. The summed E-state index contributed by atoms with van der Waals surface area (Å²) in [4.78, 5) is 22.4. The normalized spacial score (nSPS) is 14.7. The van der Waals surface area contributed by atoms with Crippen LogP contribution in [0, 0.1) is 0 Å². The van der Waals surface area contributed by atoms with Crippen molar-refractivity contribution in [1.82, 2.24) is 29.5 Å². The lowest BCUT2D eigenvalue weighted by Gasteiger charge is -2.28. The first-order valence-electron chi connectivity index (χ1n) is 11.6. The van der Waals surface area contributed by atoms with Gasteiger partial charge in [-0.15, -0.1) is 0 Å². The summed E-state index contributed by atoms with van der Waals surface area (Å²) in [5.41, 5.74) is 4.57. The van der Waals surface area contributed by atoms with Gasteiger partial charge >= 0.3 is 0 Å². The van der Waals surface area contributed by atoms with E-state index in [1.807, 2.05) is 84.5 Å². The Kier molecular flexibility index (Phi) is 5.85. The predicted octanol–water partition coefficient (Wildman–Crippen LogP) is 5.22. The molecule has 5 aromatic rings. The number of allylic oxidation sites excluding steroid dienone is 1. The predicted molar refractivity (Wildman–Crippen MR) is 144 cm³/mol. The molecule has 1 unspecified atom stereocenters. The van der Waals surface area contributed by atoms with Crippen LogP contribution in [0.1, 0.15) is 18.5 Å². The number of amides is 1. The number of para-hydroxylation sites is 1. The summed E-state index contributed by atoms with van der Waals surface area (Å²) in [6.07, 6.45) is 5.07. The highest BCUT2D eigenvalue weighted by molar-refractivity contribution is 9.10. The monoisotopic (exact) mass is 552 g/mol. The molecule has 0 radical (unpaired) electrons. The van der Waals surface area contributed by atoms with Crippen molar-refractivity contribution in [3.63, 3.8) is 0 Å². The fourth-order valence-corrected chi connectivity index (χ4v) is 4.66. The molecule has 9 nitrogen and oxygen atoms in total. The number of anilines is 2. The van der Waals surface area contributed by atoms with Gasteiger partial charge in [0.05, 0.1) is 17.0 Å². The fourth-order valence-electron chi connectivity index (χ4n) is 4.43. The topological polar surface area (TPSA) is 103 Å². The molecule has 182 valence electrons. The van der Waals surface area contributed by atoms with Gasteiger partial charge in [-0.1, -0.05) is 48.5 Å². The Morgan fingerprint density at radius 2 is 1.76 bits per heavy atom. The standard InChI is InChI=1S/C27H21BrN8O/c1-17-23(26(37)33-22-13-12-19(28)14-29-22)25(36-27(32-17)30-16-31-36)21-15-35(20-10-6-3-7-11-20)34-24(21)18-8-4-2-5-9-18/h2-16,25H,1H3,(H,29,33,37)(H,30,31,32). The molecular formula is C27H21BrN8O. The number of fused-ring (bicyclic) bond motifs is 1. The first-order valence-corrected chi connectivity index (χ1v) is 12.4. The Labute approximate surface area is 221 Å². The van der Waals surface area contributed by atoms with Crippen LogP contribution < -0.4 is 10.6 Å². The fraction of sp³-hybridized carbons (Fsp3) is 0.0741. The van der Waals surface area contributed by atoms with E-state index in [0.29, 0.717) is 23.0 Å². The van der Waals surface area contributed by atoms with Gasteiger partial charge < -0.3 is 10.6 Å². The van der Waals surface area contributed by atoms with Crippen LogP contribution in [-0.4, -0.2) is 35.4 Å². The second-order valence-corrected chi connectivity index (χ2v) is 9.41. The Balaban J connectivity index is 1.52. The van der Waals surface area contributed by atoms with Gasteiger partial charge in [0.2, 0.25) is 5.95 Å². The van der Waals surface area contributed by atoms with Crippen molar-refractivity contribution < 1.29 is 4.79 Å². The Hall–Kier alpha value is -4.57. The van der Waals surface area contributed by atoms with Crippen LogP contribution in [0.25, 0.3) is 16.9 Å². The summed E-state index contributed by atoms with van der Waals surface area (Å²) in [7, 11) is 0. The molecule has 37 heavy (non-hydrogen) atoms. The van der Waals surface area contributed by atoms with E-state index >= 15 is 0 Å². The molecule has 10 heteroatoms. The maximum atomic E-state index is 13.8. The van der Waals surface area contributed by atoms with Crippen LogP contribution in [0.4, 0.5) is 11.8 Å². The van der Waals surface area contributed by atoms with E-state index < -0.39 is 6.04 Å². The zero-order valence-electron chi connectivity index (χ0n) is 19.7. The average Bonchev–Trinajstić information content (AvgIpc) is 3.58. The van der Waals surface area contributed by atoms with Gasteiger partial charge in [0.15, 0.2) is 0 Å². The summed E-state index contributed by atoms with van der Waals surface area (Å²) >= 11 is 3.38. The van der Waals surface area contributed by atoms with Crippen LogP contribution in [0.15, 0.2) is 107 Å². The van der Waals surface area contributed by atoms with E-state index in [1.165, 1.54) is 6.33 Å². The molecule has 0 bridgehead atoms. The van der Waals surface area contributed by atoms with Crippen molar-refractivity contribution in [1.29, 1.82) is 0 Å². The number of pyridine rings is 1. The molecular weight excluding hydrogens is 532 g/mol. The second kappa shape index (κ2) is 9.47. The van der Waals surface area contributed by atoms with Gasteiger partial charge in [-0.2, -0.15) is 15.2 Å². The number of hydrogen-bond donors (Lipinski definition) is 2. The molecule has 1 aliphatic heterocycles. The number of carbonyl (C=O) groups is 1. The molecule has 0 saturated heterocycles. The van der Waals surface area contributed by atoms with Crippen molar-refractivity contribution in [3.8, 4) is 16.9 Å². The molecule has 6 rings (SSSR count). The molecule has 0 aliphatic carbocycles. The van der Waals surface area contributed by atoms with Gasteiger partial charge in [-0.3, -0.25) is 4.79 Å². The molecule has 2 aromatic carbocycles. The average molecular weight is 553 g/mol. The smallest absolute Gasteiger partial charge is 0.257 e. The zero-order valence-corrected chi connectivity index (χ0v) is 21.3. The van der Waals surface area contributed by atoms with Crippen LogP contribution in [0.3, 0.4) is 0 Å². The van der Waals surface area contributed by atoms with Crippen molar-refractivity contribution in [2.75, 3.05) is 10.6 Å². The highest BCUT2D eigenvalue weighted by Gasteiger charge is 2.36. The first kappa shape index (κ1) is 22.9.